The van der Waals surface area contributed by atoms with Crippen molar-refractivity contribution in [3.8, 4) is 0 Å². The average molecular weight is 419 g/mol. The van der Waals surface area contributed by atoms with Crippen LogP contribution >= 0.6 is 0 Å². The van der Waals surface area contributed by atoms with Crippen LogP contribution in [0.2, 0.25) is 0 Å². The van der Waals surface area contributed by atoms with Crippen LogP contribution in [0.15, 0.2) is 30.3 Å². The number of hydrogen-bond acceptors (Lipinski definition) is 5. The number of benzene rings is 1. The lowest BCUT2D eigenvalue weighted by molar-refractivity contribution is -0.155. The summed E-state index contributed by atoms with van der Waals surface area (Å²) in [7, 11) is 0. The highest BCUT2D eigenvalue weighted by Crippen LogP contribution is 2.27. The Kier molecular flexibility index (Phi) is 7.93. The van der Waals surface area contributed by atoms with Crippen molar-refractivity contribution in [3.63, 3.8) is 0 Å². The summed E-state index contributed by atoms with van der Waals surface area (Å²) in [4.78, 5) is 49.4. The van der Waals surface area contributed by atoms with Gasteiger partial charge in [0.05, 0.1) is 12.5 Å². The van der Waals surface area contributed by atoms with Gasteiger partial charge in [-0.25, -0.2) is 5.06 Å². The minimum atomic E-state index is -1.12. The van der Waals surface area contributed by atoms with Crippen LogP contribution in [0.4, 0.5) is 0 Å². The van der Waals surface area contributed by atoms with Gasteiger partial charge in [0, 0.05) is 5.54 Å². The third-order valence-electron chi connectivity index (χ3n) is 5.41. The topological polar surface area (TPSA) is 127 Å². The molecule has 0 aliphatic carbocycles. The average Bonchev–Trinajstić information content (AvgIpc) is 2.79. The Labute approximate surface area is 175 Å². The van der Waals surface area contributed by atoms with E-state index in [9.17, 15) is 29.5 Å². The zero-order valence-electron chi connectivity index (χ0n) is 17.3. The first-order chi connectivity index (χ1) is 14.1. The number of hydroxylamine groups is 2. The van der Waals surface area contributed by atoms with E-state index in [1.54, 1.807) is 0 Å². The maximum Gasteiger partial charge on any atom is 0.323 e. The molecule has 1 fully saturated rings. The second-order valence-corrected chi connectivity index (χ2v) is 8.20. The summed E-state index contributed by atoms with van der Waals surface area (Å²) in [6, 6.07) is 8.28. The minimum absolute atomic E-state index is 0.221. The highest BCUT2D eigenvalue weighted by molar-refractivity contribution is 5.91. The maximum absolute atomic E-state index is 13.0. The number of carbonyl (C=O) groups is 4. The summed E-state index contributed by atoms with van der Waals surface area (Å²) in [6.45, 7) is 2.95. The molecule has 1 saturated heterocycles. The van der Waals surface area contributed by atoms with Crippen molar-refractivity contribution >= 4 is 24.2 Å². The van der Waals surface area contributed by atoms with Gasteiger partial charge in [-0.1, -0.05) is 30.3 Å². The van der Waals surface area contributed by atoms with E-state index in [2.05, 4.69) is 5.32 Å². The van der Waals surface area contributed by atoms with Gasteiger partial charge in [-0.15, -0.1) is 0 Å². The van der Waals surface area contributed by atoms with E-state index in [-0.39, 0.29) is 19.4 Å². The smallest absolute Gasteiger partial charge is 0.323 e. The van der Waals surface area contributed by atoms with E-state index in [1.807, 2.05) is 44.2 Å². The van der Waals surface area contributed by atoms with Crippen LogP contribution in [0.25, 0.3) is 0 Å². The van der Waals surface area contributed by atoms with E-state index in [0.29, 0.717) is 24.3 Å². The molecule has 2 atom stereocenters. The minimum Gasteiger partial charge on any atom is -0.480 e. The van der Waals surface area contributed by atoms with Gasteiger partial charge in [0.15, 0.2) is 0 Å². The molecule has 2 rings (SSSR count). The Bertz CT molecular complexity index is 767. The van der Waals surface area contributed by atoms with Gasteiger partial charge >= 0.3 is 5.97 Å². The number of nitrogens with zero attached hydrogens (tertiary/aromatic N) is 2. The standard InChI is InChI=1S/C21H29N3O6/c1-21(2)10-6-9-17(20(29)24(21)13-18(26)27)22-19(28)16(12-23(30)14-25)11-15-7-4-3-5-8-15/h3-5,7-8,14,16-17,30H,6,9-13H2,1-2H3,(H,22,28)(H,26,27)/t16-,17+/m1/s1. The number of amides is 3. The van der Waals surface area contributed by atoms with Crippen LogP contribution < -0.4 is 5.32 Å². The number of likely N-dealkylation sites (tertiary alicyclic amines) is 1. The number of carboxylic acids is 1. The zero-order chi connectivity index (χ0) is 22.3. The van der Waals surface area contributed by atoms with Gasteiger partial charge in [0.2, 0.25) is 18.2 Å². The number of aliphatic carboxylic acids is 1. The fraction of sp³-hybridized carbons (Fsp3) is 0.524. The van der Waals surface area contributed by atoms with Crippen LogP contribution in [0.1, 0.15) is 38.7 Å². The lowest BCUT2D eigenvalue weighted by atomic mass is 9.96. The predicted octanol–water partition coefficient (Wildman–Crippen LogP) is 1.05. The fourth-order valence-corrected chi connectivity index (χ4v) is 3.74. The number of carboxylic acid groups (broad SMARTS) is 1. The second kappa shape index (κ2) is 10.2. The molecule has 3 amide bonds. The first-order valence-corrected chi connectivity index (χ1v) is 9.92. The highest BCUT2D eigenvalue weighted by Gasteiger charge is 2.39. The van der Waals surface area contributed by atoms with E-state index in [4.69, 9.17) is 0 Å². The molecule has 9 heteroatoms. The Morgan fingerprint density at radius 1 is 1.33 bits per heavy atom. The molecule has 0 bridgehead atoms. The Morgan fingerprint density at radius 2 is 2.00 bits per heavy atom. The molecular weight excluding hydrogens is 390 g/mol. The summed E-state index contributed by atoms with van der Waals surface area (Å²) in [5, 5.41) is 21.9. The molecule has 0 radical (unpaired) electrons. The van der Waals surface area contributed by atoms with E-state index in [1.165, 1.54) is 4.90 Å². The summed E-state index contributed by atoms with van der Waals surface area (Å²) in [5.74, 6) is -2.82. The molecule has 3 N–H and O–H groups in total. The van der Waals surface area contributed by atoms with Gasteiger partial charge in [-0.05, 0) is 45.1 Å². The number of rotatable bonds is 9. The molecule has 30 heavy (non-hydrogen) atoms. The summed E-state index contributed by atoms with van der Waals surface area (Å²) < 4.78 is 0. The molecule has 9 nitrogen and oxygen atoms in total. The monoisotopic (exact) mass is 419 g/mol. The van der Waals surface area contributed by atoms with Crippen molar-refractivity contribution < 1.29 is 29.5 Å². The molecular formula is C21H29N3O6. The van der Waals surface area contributed by atoms with E-state index < -0.39 is 41.8 Å². The fourth-order valence-electron chi connectivity index (χ4n) is 3.74. The van der Waals surface area contributed by atoms with Crippen molar-refractivity contribution in [1.29, 1.82) is 0 Å². The zero-order valence-corrected chi connectivity index (χ0v) is 17.3. The van der Waals surface area contributed by atoms with Crippen molar-refractivity contribution in [2.24, 2.45) is 5.92 Å². The molecule has 1 aliphatic heterocycles. The van der Waals surface area contributed by atoms with Crippen LogP contribution in [-0.2, 0) is 25.6 Å². The lowest BCUT2D eigenvalue weighted by Crippen LogP contribution is -2.56. The summed E-state index contributed by atoms with van der Waals surface area (Å²) >= 11 is 0. The van der Waals surface area contributed by atoms with Crippen molar-refractivity contribution in [3.05, 3.63) is 35.9 Å². The normalized spacial score (nSPS) is 19.5. The Balaban J connectivity index is 2.18. The molecule has 1 aromatic carbocycles. The third kappa shape index (κ3) is 6.28. The third-order valence-corrected chi connectivity index (χ3v) is 5.41. The second-order valence-electron chi connectivity index (χ2n) is 8.20. The predicted molar refractivity (Wildman–Crippen MR) is 107 cm³/mol. The van der Waals surface area contributed by atoms with Crippen molar-refractivity contribution in [1.82, 2.24) is 15.3 Å². The highest BCUT2D eigenvalue weighted by atomic mass is 16.5. The summed E-state index contributed by atoms with van der Waals surface area (Å²) in [6.07, 6.45) is 2.13. The Hall–Kier alpha value is -2.94. The number of hydrogen-bond donors (Lipinski definition) is 3. The first kappa shape index (κ1) is 23.3. The summed E-state index contributed by atoms with van der Waals surface area (Å²) in [5.41, 5.74) is 0.204. The Morgan fingerprint density at radius 3 is 2.60 bits per heavy atom. The molecule has 0 aromatic heterocycles. The number of nitrogens with one attached hydrogen (secondary N) is 1. The lowest BCUT2D eigenvalue weighted by Gasteiger charge is -2.37. The number of carbonyl (C=O) groups excluding carboxylic acids is 3. The van der Waals surface area contributed by atoms with Crippen LogP contribution in [0.3, 0.4) is 0 Å². The molecule has 164 valence electrons. The first-order valence-electron chi connectivity index (χ1n) is 9.92. The quantitative estimate of drug-likeness (QED) is 0.312. The van der Waals surface area contributed by atoms with Gasteiger partial charge in [0.25, 0.3) is 0 Å². The molecule has 0 saturated carbocycles. The van der Waals surface area contributed by atoms with E-state index in [0.717, 1.165) is 5.56 Å². The van der Waals surface area contributed by atoms with Gasteiger partial charge in [-0.3, -0.25) is 24.4 Å². The van der Waals surface area contributed by atoms with Gasteiger partial charge < -0.3 is 15.3 Å². The van der Waals surface area contributed by atoms with Gasteiger partial charge in [-0.2, -0.15) is 0 Å². The van der Waals surface area contributed by atoms with Crippen molar-refractivity contribution in [2.75, 3.05) is 13.1 Å². The van der Waals surface area contributed by atoms with Gasteiger partial charge in [0.1, 0.15) is 12.6 Å². The molecule has 1 aromatic rings. The SMILES string of the molecule is CC1(C)CCC[C@H](NC(=O)[C@H](Cc2ccccc2)CN(O)C=O)C(=O)N1CC(=O)O. The van der Waals surface area contributed by atoms with Crippen molar-refractivity contribution in [2.45, 2.75) is 51.1 Å². The molecule has 0 unspecified atom stereocenters. The molecule has 0 spiro atoms. The largest absolute Gasteiger partial charge is 0.480 e. The molecule has 1 aliphatic rings. The van der Waals surface area contributed by atoms with Crippen LogP contribution in [0, 0.1) is 5.92 Å². The maximum atomic E-state index is 13.0. The van der Waals surface area contributed by atoms with Crippen LogP contribution in [-0.4, -0.2) is 69.1 Å². The molecule has 1 heterocycles. The van der Waals surface area contributed by atoms with Crippen LogP contribution in [0.5, 0.6) is 0 Å². The van der Waals surface area contributed by atoms with E-state index >= 15 is 0 Å².